The van der Waals surface area contributed by atoms with Crippen molar-refractivity contribution in [3.63, 3.8) is 0 Å². The van der Waals surface area contributed by atoms with E-state index in [-0.39, 0.29) is 24.0 Å². The third kappa shape index (κ3) is 6.75. The molecule has 0 aliphatic heterocycles. The summed E-state index contributed by atoms with van der Waals surface area (Å²) in [6.45, 7) is 2.67. The summed E-state index contributed by atoms with van der Waals surface area (Å²) in [5.41, 5.74) is 0.198. The van der Waals surface area contributed by atoms with Gasteiger partial charge in [0.25, 0.3) is 5.91 Å². The highest BCUT2D eigenvalue weighted by Crippen LogP contribution is 2.32. The van der Waals surface area contributed by atoms with Gasteiger partial charge >= 0.3 is 6.18 Å². The molecule has 3 N–H and O–H groups in total. The number of amides is 1. The molecule has 162 valence electrons. The molecule has 2 rings (SSSR count). The first-order chi connectivity index (χ1) is 14.2. The number of guanidine groups is 1. The molecule has 0 fully saturated rings. The van der Waals surface area contributed by atoms with Gasteiger partial charge in [-0.25, -0.2) is 4.39 Å². The molecule has 0 aliphatic rings. The molecule has 9 heteroatoms. The summed E-state index contributed by atoms with van der Waals surface area (Å²) < 4.78 is 52.6. The maximum atomic E-state index is 13.2. The van der Waals surface area contributed by atoms with Gasteiger partial charge in [-0.3, -0.25) is 9.79 Å². The van der Waals surface area contributed by atoms with E-state index in [1.54, 1.807) is 18.2 Å². The Labute approximate surface area is 172 Å². The summed E-state index contributed by atoms with van der Waals surface area (Å²) in [7, 11) is 1.49. The topological polar surface area (TPSA) is 65.5 Å². The number of alkyl halides is 3. The highest BCUT2D eigenvalue weighted by atomic mass is 19.4. The molecule has 0 saturated heterocycles. The van der Waals surface area contributed by atoms with Gasteiger partial charge in [0.2, 0.25) is 0 Å². The fourth-order valence-electron chi connectivity index (χ4n) is 2.72. The Morgan fingerprint density at radius 1 is 1.03 bits per heavy atom. The van der Waals surface area contributed by atoms with E-state index >= 15 is 0 Å². The highest BCUT2D eigenvalue weighted by molar-refractivity contribution is 5.94. The van der Waals surface area contributed by atoms with Crippen molar-refractivity contribution in [1.29, 1.82) is 0 Å². The Morgan fingerprint density at radius 3 is 2.43 bits per heavy atom. The molecule has 0 aromatic heterocycles. The molecular weight excluding hydrogens is 400 g/mol. The van der Waals surface area contributed by atoms with Gasteiger partial charge < -0.3 is 16.0 Å². The van der Waals surface area contributed by atoms with Crippen molar-refractivity contribution in [1.82, 2.24) is 16.0 Å². The largest absolute Gasteiger partial charge is 0.416 e. The van der Waals surface area contributed by atoms with Gasteiger partial charge in [-0.15, -0.1) is 0 Å². The fourth-order valence-corrected chi connectivity index (χ4v) is 2.72. The van der Waals surface area contributed by atoms with E-state index in [4.69, 9.17) is 0 Å². The molecule has 0 spiro atoms. The van der Waals surface area contributed by atoms with E-state index in [0.717, 1.165) is 24.1 Å². The molecule has 0 atom stereocenters. The van der Waals surface area contributed by atoms with Crippen LogP contribution in [0.3, 0.4) is 0 Å². The van der Waals surface area contributed by atoms with Crippen molar-refractivity contribution in [3.05, 3.63) is 70.5 Å². The van der Waals surface area contributed by atoms with E-state index in [1.165, 1.54) is 7.05 Å². The summed E-state index contributed by atoms with van der Waals surface area (Å²) in [6.07, 6.45) is -3.83. The van der Waals surface area contributed by atoms with Crippen LogP contribution in [0.15, 0.2) is 47.5 Å². The van der Waals surface area contributed by atoms with Crippen LogP contribution in [-0.2, 0) is 19.3 Å². The molecular formula is C21H24F4N4O. The van der Waals surface area contributed by atoms with E-state index in [2.05, 4.69) is 20.9 Å². The monoisotopic (exact) mass is 424 g/mol. The minimum atomic E-state index is -4.66. The molecule has 0 saturated carbocycles. The van der Waals surface area contributed by atoms with Crippen LogP contribution in [0.25, 0.3) is 0 Å². The SMILES string of the molecule is CCCNC(=O)c1cccc(CNC(=NC)NCc2ccc(F)cc2C(F)(F)F)c1. The Balaban J connectivity index is 1.99. The van der Waals surface area contributed by atoms with E-state index in [9.17, 15) is 22.4 Å². The summed E-state index contributed by atoms with van der Waals surface area (Å²) >= 11 is 0. The minimum Gasteiger partial charge on any atom is -0.352 e. The molecule has 2 aromatic rings. The summed E-state index contributed by atoms with van der Waals surface area (Å²) in [5, 5.41) is 8.57. The summed E-state index contributed by atoms with van der Waals surface area (Å²) in [4.78, 5) is 16.0. The van der Waals surface area contributed by atoms with Crippen molar-refractivity contribution in [2.75, 3.05) is 13.6 Å². The lowest BCUT2D eigenvalue weighted by Gasteiger charge is -2.16. The second-order valence-corrected chi connectivity index (χ2v) is 6.53. The van der Waals surface area contributed by atoms with Gasteiger partial charge in [-0.05, 0) is 41.8 Å². The number of carbonyl (C=O) groups excluding carboxylic acids is 1. The number of nitrogens with zero attached hydrogens (tertiary/aromatic N) is 1. The fraction of sp³-hybridized carbons (Fsp3) is 0.333. The average Bonchev–Trinajstić information content (AvgIpc) is 2.72. The zero-order valence-corrected chi connectivity index (χ0v) is 16.7. The quantitative estimate of drug-likeness (QED) is 0.359. The summed E-state index contributed by atoms with van der Waals surface area (Å²) in [6, 6.07) is 9.55. The van der Waals surface area contributed by atoms with E-state index in [0.29, 0.717) is 24.7 Å². The van der Waals surface area contributed by atoms with Crippen LogP contribution in [0.2, 0.25) is 0 Å². The van der Waals surface area contributed by atoms with Crippen LogP contribution < -0.4 is 16.0 Å². The molecule has 0 unspecified atom stereocenters. The van der Waals surface area contributed by atoms with Crippen LogP contribution in [0.5, 0.6) is 0 Å². The van der Waals surface area contributed by atoms with Crippen LogP contribution >= 0.6 is 0 Å². The maximum Gasteiger partial charge on any atom is 0.416 e. The second kappa shape index (κ2) is 10.6. The van der Waals surface area contributed by atoms with E-state index < -0.39 is 17.6 Å². The number of nitrogens with one attached hydrogen (secondary N) is 3. The van der Waals surface area contributed by atoms with Crippen molar-refractivity contribution >= 4 is 11.9 Å². The third-order valence-corrected chi connectivity index (χ3v) is 4.23. The first-order valence-corrected chi connectivity index (χ1v) is 9.42. The predicted octanol–water partition coefficient (Wildman–Crippen LogP) is 3.85. The molecule has 0 bridgehead atoms. The normalized spacial score (nSPS) is 11.9. The van der Waals surface area contributed by atoms with Gasteiger partial charge in [-0.2, -0.15) is 13.2 Å². The molecule has 5 nitrogen and oxygen atoms in total. The van der Waals surface area contributed by atoms with Gasteiger partial charge in [0.15, 0.2) is 5.96 Å². The van der Waals surface area contributed by atoms with Crippen LogP contribution in [0.4, 0.5) is 17.6 Å². The van der Waals surface area contributed by atoms with Crippen molar-refractivity contribution in [3.8, 4) is 0 Å². The second-order valence-electron chi connectivity index (χ2n) is 6.53. The van der Waals surface area contributed by atoms with Gasteiger partial charge in [0.1, 0.15) is 5.82 Å². The first-order valence-electron chi connectivity index (χ1n) is 9.42. The standard InChI is InChI=1S/C21H24F4N4O/c1-3-9-27-19(30)15-6-4-5-14(10-15)12-28-20(26-2)29-13-16-7-8-17(22)11-18(16)21(23,24)25/h4-8,10-11H,3,9,12-13H2,1-2H3,(H,27,30)(H2,26,28,29). The lowest BCUT2D eigenvalue weighted by Crippen LogP contribution is -2.36. The van der Waals surface area contributed by atoms with Crippen molar-refractivity contribution < 1.29 is 22.4 Å². The lowest BCUT2D eigenvalue weighted by molar-refractivity contribution is -0.138. The lowest BCUT2D eigenvalue weighted by atomic mass is 10.1. The number of rotatable bonds is 7. The highest BCUT2D eigenvalue weighted by Gasteiger charge is 2.33. The number of benzene rings is 2. The average molecular weight is 424 g/mol. The van der Waals surface area contributed by atoms with Gasteiger partial charge in [0, 0.05) is 32.2 Å². The van der Waals surface area contributed by atoms with Crippen molar-refractivity contribution in [2.24, 2.45) is 4.99 Å². The maximum absolute atomic E-state index is 13.2. The Morgan fingerprint density at radius 2 is 1.77 bits per heavy atom. The van der Waals surface area contributed by atoms with Crippen LogP contribution in [0.1, 0.15) is 40.4 Å². The molecule has 0 heterocycles. The number of hydrogen-bond donors (Lipinski definition) is 3. The number of halogens is 4. The van der Waals surface area contributed by atoms with Crippen LogP contribution in [0, 0.1) is 5.82 Å². The van der Waals surface area contributed by atoms with Crippen LogP contribution in [-0.4, -0.2) is 25.5 Å². The molecule has 30 heavy (non-hydrogen) atoms. The molecule has 2 aromatic carbocycles. The van der Waals surface area contributed by atoms with E-state index in [1.807, 2.05) is 13.0 Å². The molecule has 0 radical (unpaired) electrons. The van der Waals surface area contributed by atoms with Crippen molar-refractivity contribution in [2.45, 2.75) is 32.6 Å². The zero-order chi connectivity index (χ0) is 22.1. The van der Waals surface area contributed by atoms with Gasteiger partial charge in [-0.1, -0.05) is 25.1 Å². The number of hydrogen-bond acceptors (Lipinski definition) is 2. The molecule has 1 amide bonds. The minimum absolute atomic E-state index is 0.0959. The Bertz CT molecular complexity index is 897. The summed E-state index contributed by atoms with van der Waals surface area (Å²) in [5.74, 6) is -0.845. The third-order valence-electron chi connectivity index (χ3n) is 4.23. The Kier molecular flexibility index (Phi) is 8.20. The van der Waals surface area contributed by atoms with Gasteiger partial charge in [0.05, 0.1) is 5.56 Å². The zero-order valence-electron chi connectivity index (χ0n) is 16.7. The molecule has 0 aliphatic carbocycles. The first kappa shape index (κ1) is 23.2. The number of carbonyl (C=O) groups is 1. The Hall–Kier alpha value is -3.10. The number of aliphatic imine (C=N–C) groups is 1. The predicted molar refractivity (Wildman–Crippen MR) is 108 cm³/mol. The smallest absolute Gasteiger partial charge is 0.352 e.